The third-order valence-electron chi connectivity index (χ3n) is 1.98. The molecule has 17 heavy (non-hydrogen) atoms. The first kappa shape index (κ1) is 13.5. The lowest BCUT2D eigenvalue weighted by Crippen LogP contribution is -2.16. The summed E-state index contributed by atoms with van der Waals surface area (Å²) >= 11 is 0. The maximum absolute atomic E-state index is 13.6. The molecule has 0 aromatic heterocycles. The monoisotopic (exact) mass is 250 g/mol. The summed E-state index contributed by atoms with van der Waals surface area (Å²) in [5, 5.41) is 0. The van der Waals surface area contributed by atoms with E-state index in [9.17, 15) is 9.18 Å². The average Bonchev–Trinajstić information content (AvgIpc) is 2.24. The molecule has 4 heteroatoms. The SMILES string of the molecule is COC(=O)c1c(F)cccc1C#C[Si](C)(C)C. The number of halogens is 1. The second-order valence-corrected chi connectivity index (χ2v) is 9.40. The van der Waals surface area contributed by atoms with Gasteiger partial charge in [-0.1, -0.05) is 31.6 Å². The number of esters is 1. The van der Waals surface area contributed by atoms with E-state index < -0.39 is 19.9 Å². The van der Waals surface area contributed by atoms with Crippen LogP contribution in [-0.2, 0) is 4.74 Å². The van der Waals surface area contributed by atoms with Crippen molar-refractivity contribution in [1.82, 2.24) is 0 Å². The van der Waals surface area contributed by atoms with Gasteiger partial charge in [-0.15, -0.1) is 5.54 Å². The molecule has 0 N–H and O–H groups in total. The smallest absolute Gasteiger partial charge is 0.342 e. The Morgan fingerprint density at radius 3 is 2.53 bits per heavy atom. The number of rotatable bonds is 1. The van der Waals surface area contributed by atoms with E-state index in [1.807, 2.05) is 0 Å². The van der Waals surface area contributed by atoms with Crippen molar-refractivity contribution in [2.45, 2.75) is 19.6 Å². The molecule has 1 rings (SSSR count). The molecule has 0 heterocycles. The molecule has 0 aliphatic rings. The molecule has 0 bridgehead atoms. The molecule has 0 unspecified atom stereocenters. The summed E-state index contributed by atoms with van der Waals surface area (Å²) in [5.41, 5.74) is 3.40. The second kappa shape index (κ2) is 5.15. The lowest BCUT2D eigenvalue weighted by molar-refractivity contribution is 0.0595. The third kappa shape index (κ3) is 3.72. The highest BCUT2D eigenvalue weighted by Crippen LogP contribution is 2.14. The molecule has 1 aromatic rings. The van der Waals surface area contributed by atoms with Crippen LogP contribution in [0.3, 0.4) is 0 Å². The Hall–Kier alpha value is -1.60. The van der Waals surface area contributed by atoms with Crippen LogP contribution in [0.1, 0.15) is 15.9 Å². The Kier molecular flexibility index (Phi) is 4.08. The van der Waals surface area contributed by atoms with Crippen molar-refractivity contribution in [3.63, 3.8) is 0 Å². The Morgan fingerprint density at radius 2 is 2.00 bits per heavy atom. The predicted molar refractivity (Wildman–Crippen MR) is 68.0 cm³/mol. The van der Waals surface area contributed by atoms with Crippen LogP contribution < -0.4 is 0 Å². The highest BCUT2D eigenvalue weighted by molar-refractivity contribution is 6.83. The van der Waals surface area contributed by atoms with Gasteiger partial charge in [-0.25, -0.2) is 9.18 Å². The van der Waals surface area contributed by atoms with Crippen LogP contribution in [0.15, 0.2) is 18.2 Å². The topological polar surface area (TPSA) is 26.3 Å². The van der Waals surface area contributed by atoms with Crippen LogP contribution in [0.5, 0.6) is 0 Å². The molecule has 90 valence electrons. The van der Waals surface area contributed by atoms with Crippen molar-refractivity contribution >= 4 is 14.0 Å². The van der Waals surface area contributed by atoms with Crippen molar-refractivity contribution < 1.29 is 13.9 Å². The van der Waals surface area contributed by atoms with E-state index in [-0.39, 0.29) is 5.56 Å². The van der Waals surface area contributed by atoms with Crippen LogP contribution in [-0.4, -0.2) is 21.2 Å². The van der Waals surface area contributed by atoms with Gasteiger partial charge in [0.25, 0.3) is 0 Å². The van der Waals surface area contributed by atoms with Crippen LogP contribution in [0.25, 0.3) is 0 Å². The molecular weight excluding hydrogens is 235 g/mol. The summed E-state index contributed by atoms with van der Waals surface area (Å²) in [6.07, 6.45) is 0. The molecule has 2 nitrogen and oxygen atoms in total. The van der Waals surface area contributed by atoms with E-state index in [0.29, 0.717) is 5.56 Å². The average molecular weight is 250 g/mol. The summed E-state index contributed by atoms with van der Waals surface area (Å²) < 4.78 is 18.1. The summed E-state index contributed by atoms with van der Waals surface area (Å²) in [6, 6.07) is 4.39. The molecule has 0 amide bonds. The zero-order valence-corrected chi connectivity index (χ0v) is 11.4. The summed E-state index contributed by atoms with van der Waals surface area (Å²) in [4.78, 5) is 11.5. The fraction of sp³-hybridized carbons (Fsp3) is 0.308. The number of ether oxygens (including phenoxy) is 1. The fourth-order valence-electron chi connectivity index (χ4n) is 1.19. The summed E-state index contributed by atoms with van der Waals surface area (Å²) in [7, 11) is -0.334. The minimum atomic E-state index is -1.56. The lowest BCUT2D eigenvalue weighted by atomic mass is 10.1. The fourth-order valence-corrected chi connectivity index (χ4v) is 1.70. The predicted octanol–water partition coefficient (Wildman–Crippen LogP) is 2.84. The maximum atomic E-state index is 13.6. The van der Waals surface area contributed by atoms with Gasteiger partial charge in [-0.2, -0.15) is 0 Å². The highest BCUT2D eigenvalue weighted by atomic mass is 28.3. The number of hydrogen-bond acceptors (Lipinski definition) is 2. The maximum Gasteiger partial charge on any atom is 0.342 e. The molecule has 0 fully saturated rings. The van der Waals surface area contributed by atoms with E-state index in [0.717, 1.165) is 0 Å². The molecule has 0 radical (unpaired) electrons. The van der Waals surface area contributed by atoms with E-state index >= 15 is 0 Å². The Bertz CT molecular complexity index is 492. The van der Waals surface area contributed by atoms with Crippen molar-refractivity contribution in [2.24, 2.45) is 0 Å². The van der Waals surface area contributed by atoms with Crippen molar-refractivity contribution in [1.29, 1.82) is 0 Å². The van der Waals surface area contributed by atoms with Crippen LogP contribution in [0.4, 0.5) is 4.39 Å². The zero-order valence-electron chi connectivity index (χ0n) is 10.4. The number of carbonyl (C=O) groups excluding carboxylic acids is 1. The normalized spacial score (nSPS) is 10.4. The molecule has 0 saturated heterocycles. The van der Waals surface area contributed by atoms with Gasteiger partial charge in [-0.05, 0) is 12.1 Å². The van der Waals surface area contributed by atoms with E-state index in [2.05, 4.69) is 35.8 Å². The minimum absolute atomic E-state index is 0.0826. The first-order chi connectivity index (χ1) is 7.85. The van der Waals surface area contributed by atoms with Crippen LogP contribution >= 0.6 is 0 Å². The van der Waals surface area contributed by atoms with Gasteiger partial charge in [0.1, 0.15) is 19.5 Å². The molecule has 0 saturated carbocycles. The minimum Gasteiger partial charge on any atom is -0.465 e. The van der Waals surface area contributed by atoms with Gasteiger partial charge in [0.2, 0.25) is 0 Å². The van der Waals surface area contributed by atoms with Gasteiger partial charge >= 0.3 is 5.97 Å². The molecule has 0 spiro atoms. The van der Waals surface area contributed by atoms with Gasteiger partial charge in [0.15, 0.2) is 0 Å². The summed E-state index contributed by atoms with van der Waals surface area (Å²) in [6.45, 7) is 6.24. The van der Waals surface area contributed by atoms with Crippen LogP contribution in [0, 0.1) is 17.3 Å². The van der Waals surface area contributed by atoms with Gasteiger partial charge in [0.05, 0.1) is 7.11 Å². The Labute approximate surface area is 102 Å². The first-order valence-electron chi connectivity index (χ1n) is 5.25. The Balaban J connectivity index is 3.28. The molecule has 0 aliphatic heterocycles. The largest absolute Gasteiger partial charge is 0.465 e. The lowest BCUT2D eigenvalue weighted by Gasteiger charge is -2.06. The van der Waals surface area contributed by atoms with E-state index in [4.69, 9.17) is 0 Å². The highest BCUT2D eigenvalue weighted by Gasteiger charge is 2.16. The third-order valence-corrected chi connectivity index (χ3v) is 2.85. The summed E-state index contributed by atoms with van der Waals surface area (Å²) in [5.74, 6) is 1.59. The molecule has 1 aromatic carbocycles. The molecular formula is C13H15FO2Si. The second-order valence-electron chi connectivity index (χ2n) is 4.65. The first-order valence-corrected chi connectivity index (χ1v) is 8.75. The standard InChI is InChI=1S/C13H15FO2Si/c1-16-13(15)12-10(6-5-7-11(12)14)8-9-17(2,3)4/h5-7H,1-4H3. The quantitative estimate of drug-likeness (QED) is 0.435. The number of hydrogen-bond donors (Lipinski definition) is 0. The van der Waals surface area contributed by atoms with Crippen molar-refractivity contribution in [3.05, 3.63) is 35.1 Å². The molecule has 0 atom stereocenters. The van der Waals surface area contributed by atoms with Crippen molar-refractivity contribution in [3.8, 4) is 11.5 Å². The number of methoxy groups -OCH3 is 1. The van der Waals surface area contributed by atoms with Gasteiger partial charge < -0.3 is 4.74 Å². The molecule has 0 aliphatic carbocycles. The van der Waals surface area contributed by atoms with E-state index in [1.165, 1.54) is 19.2 Å². The van der Waals surface area contributed by atoms with Gasteiger partial charge in [0, 0.05) is 5.56 Å². The Morgan fingerprint density at radius 1 is 1.35 bits per heavy atom. The zero-order chi connectivity index (χ0) is 13.1. The van der Waals surface area contributed by atoms with E-state index in [1.54, 1.807) is 6.07 Å². The van der Waals surface area contributed by atoms with Crippen LogP contribution in [0.2, 0.25) is 19.6 Å². The number of carbonyl (C=O) groups is 1. The number of benzene rings is 1. The van der Waals surface area contributed by atoms with Crippen molar-refractivity contribution in [2.75, 3.05) is 7.11 Å². The van der Waals surface area contributed by atoms with Gasteiger partial charge in [-0.3, -0.25) is 0 Å².